The Morgan fingerprint density at radius 3 is 1.98 bits per heavy atom. The molecule has 0 saturated carbocycles. The topological polar surface area (TPSA) is 9.23 Å². The Morgan fingerprint density at radius 1 is 0.698 bits per heavy atom. The molecule has 0 fully saturated rings. The Labute approximate surface area is 241 Å². The number of unbranched alkanes of at least 4 members (excludes halogenated alkanes) is 2. The molecule has 4 rings (SSSR count). The second kappa shape index (κ2) is 12.7. The van der Waals surface area contributed by atoms with Crippen LogP contribution in [0.25, 0.3) is 10.8 Å². The lowest BCUT2D eigenvalue weighted by Crippen LogP contribution is -2.25. The molecule has 1 nitrogen and oxygen atoms in total. The summed E-state index contributed by atoms with van der Waals surface area (Å²) in [6.45, 7) is 2.10. The molecule has 0 bridgehead atoms. The molecule has 10 heteroatoms. The molecule has 0 spiro atoms. The molecule has 0 unspecified atom stereocenters. The number of fused-ring (bicyclic) bond motifs is 1. The molecule has 0 aromatic heterocycles. The smallest absolute Gasteiger partial charge is 0.429 e. The highest BCUT2D eigenvalue weighted by atomic mass is 19.4. The van der Waals surface area contributed by atoms with E-state index in [1.807, 2.05) is 12.1 Å². The van der Waals surface area contributed by atoms with E-state index >= 15 is 0 Å². The van der Waals surface area contributed by atoms with Crippen LogP contribution in [-0.2, 0) is 12.5 Å². The monoisotopic (exact) mass is 604 g/mol. The Balaban J connectivity index is 1.56. The van der Waals surface area contributed by atoms with Crippen molar-refractivity contribution in [3.63, 3.8) is 0 Å². The zero-order valence-corrected chi connectivity index (χ0v) is 22.4. The predicted molar refractivity (Wildman–Crippen MR) is 143 cm³/mol. The number of halogens is 9. The van der Waals surface area contributed by atoms with Gasteiger partial charge in [-0.1, -0.05) is 49.7 Å². The summed E-state index contributed by atoms with van der Waals surface area (Å²) in [5.41, 5.74) is -1.42. The number of benzene rings is 4. The molecule has 0 radical (unpaired) electrons. The predicted octanol–water partition coefficient (Wildman–Crippen LogP) is 9.57. The van der Waals surface area contributed by atoms with Crippen LogP contribution in [-0.4, -0.2) is 6.18 Å². The normalized spacial score (nSPS) is 11.5. The van der Waals surface area contributed by atoms with Gasteiger partial charge < -0.3 is 4.74 Å². The zero-order chi connectivity index (χ0) is 31.4. The number of rotatable bonds is 7. The summed E-state index contributed by atoms with van der Waals surface area (Å²) in [5, 5.41) is -0.823. The van der Waals surface area contributed by atoms with Gasteiger partial charge in [0.25, 0.3) is 0 Å². The Hall–Kier alpha value is -4.57. The van der Waals surface area contributed by atoms with E-state index in [2.05, 4.69) is 23.5 Å². The lowest BCUT2D eigenvalue weighted by atomic mass is 10.0. The van der Waals surface area contributed by atoms with Crippen molar-refractivity contribution < 1.29 is 44.3 Å². The first-order valence-corrected chi connectivity index (χ1v) is 13.0. The minimum Gasteiger partial charge on any atom is -0.429 e. The summed E-state index contributed by atoms with van der Waals surface area (Å²) in [7, 11) is 0. The first-order chi connectivity index (χ1) is 20.3. The van der Waals surface area contributed by atoms with Crippen LogP contribution in [0.5, 0.6) is 5.75 Å². The molecule has 0 aliphatic heterocycles. The highest BCUT2D eigenvalue weighted by Gasteiger charge is 2.41. The van der Waals surface area contributed by atoms with Crippen LogP contribution in [0.3, 0.4) is 0 Å². The molecule has 222 valence electrons. The van der Waals surface area contributed by atoms with Crippen molar-refractivity contribution in [1.29, 1.82) is 0 Å². The van der Waals surface area contributed by atoms with Crippen molar-refractivity contribution in [2.45, 2.75) is 44.9 Å². The number of ether oxygens (including phenoxy) is 1. The summed E-state index contributed by atoms with van der Waals surface area (Å²) in [4.78, 5) is 0. The lowest BCUT2D eigenvalue weighted by molar-refractivity contribution is -0.189. The summed E-state index contributed by atoms with van der Waals surface area (Å²) in [5.74, 6) is 0.414. The van der Waals surface area contributed by atoms with E-state index < -0.39 is 57.8 Å². The Kier molecular flexibility index (Phi) is 9.30. The molecule has 0 saturated heterocycles. The number of aryl methyl sites for hydroxylation is 1. The van der Waals surface area contributed by atoms with Crippen molar-refractivity contribution in [3.05, 3.63) is 112 Å². The van der Waals surface area contributed by atoms with E-state index in [1.165, 1.54) is 5.92 Å². The number of hydrogen-bond donors (Lipinski definition) is 0. The van der Waals surface area contributed by atoms with Crippen LogP contribution in [0.4, 0.5) is 39.5 Å². The van der Waals surface area contributed by atoms with Crippen LogP contribution in [0.1, 0.15) is 54.0 Å². The quantitative estimate of drug-likeness (QED) is 0.116. The van der Waals surface area contributed by atoms with Crippen molar-refractivity contribution in [2.24, 2.45) is 0 Å². The molecule has 0 aliphatic carbocycles. The first kappa shape index (κ1) is 31.4. The SMILES string of the molecule is CCCCCc1ccc(C#Cc2cc(F)c(C(F)(F)Oc3ccc4c(F)c(C#CC(F)(F)F)c(F)cc4c3)c(F)c2)cc1. The van der Waals surface area contributed by atoms with E-state index in [0.29, 0.717) is 23.8 Å². The molecular weight excluding hydrogens is 583 g/mol. The van der Waals surface area contributed by atoms with Gasteiger partial charge in [-0.05, 0) is 72.3 Å². The maximum absolute atomic E-state index is 14.9. The van der Waals surface area contributed by atoms with Gasteiger partial charge in [0, 0.05) is 22.4 Å². The molecule has 0 N–H and O–H groups in total. The fourth-order valence-corrected chi connectivity index (χ4v) is 4.22. The van der Waals surface area contributed by atoms with Crippen molar-refractivity contribution in [2.75, 3.05) is 0 Å². The third-order valence-electron chi connectivity index (χ3n) is 6.28. The van der Waals surface area contributed by atoms with Gasteiger partial charge >= 0.3 is 12.3 Å². The van der Waals surface area contributed by atoms with Gasteiger partial charge in [0.2, 0.25) is 0 Å². The molecule has 0 aliphatic rings. The largest absolute Gasteiger partial charge is 0.458 e. The second-order valence-corrected chi connectivity index (χ2v) is 9.52. The van der Waals surface area contributed by atoms with E-state index in [-0.39, 0.29) is 10.9 Å². The summed E-state index contributed by atoms with van der Waals surface area (Å²) < 4.78 is 130. The maximum atomic E-state index is 14.9. The van der Waals surface area contributed by atoms with E-state index in [4.69, 9.17) is 0 Å². The third-order valence-corrected chi connectivity index (χ3v) is 6.28. The Morgan fingerprint density at radius 2 is 1.35 bits per heavy atom. The average Bonchev–Trinajstić information content (AvgIpc) is 2.91. The van der Waals surface area contributed by atoms with Gasteiger partial charge in [-0.2, -0.15) is 22.0 Å². The molecule has 0 atom stereocenters. The maximum Gasteiger partial charge on any atom is 0.458 e. The summed E-state index contributed by atoms with van der Waals surface area (Å²) >= 11 is 0. The minimum atomic E-state index is -5.01. The van der Waals surface area contributed by atoms with Crippen LogP contribution >= 0.6 is 0 Å². The molecule has 4 aromatic rings. The zero-order valence-electron chi connectivity index (χ0n) is 22.4. The highest BCUT2D eigenvalue weighted by molar-refractivity contribution is 5.86. The number of alkyl halides is 5. The van der Waals surface area contributed by atoms with Crippen LogP contribution in [0, 0.1) is 47.0 Å². The van der Waals surface area contributed by atoms with Gasteiger partial charge in [-0.25, -0.2) is 17.6 Å². The van der Waals surface area contributed by atoms with Gasteiger partial charge in [0.15, 0.2) is 0 Å². The van der Waals surface area contributed by atoms with Crippen LogP contribution in [0.15, 0.2) is 60.7 Å². The first-order valence-electron chi connectivity index (χ1n) is 13.0. The van der Waals surface area contributed by atoms with Crippen LogP contribution < -0.4 is 4.74 Å². The summed E-state index contributed by atoms with van der Waals surface area (Å²) in [6.07, 6.45) is -5.43. The van der Waals surface area contributed by atoms with Crippen LogP contribution in [0.2, 0.25) is 0 Å². The van der Waals surface area contributed by atoms with Gasteiger partial charge in [-0.15, -0.1) is 0 Å². The van der Waals surface area contributed by atoms with Crippen molar-refractivity contribution in [1.82, 2.24) is 0 Å². The molecule has 43 heavy (non-hydrogen) atoms. The molecule has 0 amide bonds. The van der Waals surface area contributed by atoms with Crippen molar-refractivity contribution in [3.8, 4) is 29.4 Å². The fraction of sp³-hybridized carbons (Fsp3) is 0.212. The highest BCUT2D eigenvalue weighted by Crippen LogP contribution is 2.37. The van der Waals surface area contributed by atoms with Gasteiger partial charge in [-0.3, -0.25) is 0 Å². The van der Waals surface area contributed by atoms with Gasteiger partial charge in [0.05, 0.1) is 5.56 Å². The van der Waals surface area contributed by atoms with E-state index in [9.17, 15) is 39.5 Å². The van der Waals surface area contributed by atoms with Crippen molar-refractivity contribution >= 4 is 10.8 Å². The standard InChI is InChI=1S/C33H21F9O/c1-2-3-4-5-20-6-8-21(9-7-20)10-11-22-16-28(35)30(29(36)17-22)33(41,42)43-24-12-13-25-23(18-24)19-27(34)26(31(25)37)14-15-32(38,39)40/h6-9,12-13,16-19H,2-5H2,1H3. The minimum absolute atomic E-state index is 0.206. The second-order valence-electron chi connectivity index (χ2n) is 9.52. The molecule has 4 aromatic carbocycles. The van der Waals surface area contributed by atoms with E-state index in [1.54, 1.807) is 12.1 Å². The lowest BCUT2D eigenvalue weighted by Gasteiger charge is -2.20. The molecular formula is C33H21F9O. The average molecular weight is 605 g/mol. The summed E-state index contributed by atoms with van der Waals surface area (Å²) in [6, 6.07) is 11.4. The molecule has 0 heterocycles. The number of hydrogen-bond acceptors (Lipinski definition) is 1. The fourth-order valence-electron chi connectivity index (χ4n) is 4.22. The Bertz CT molecular complexity index is 1740. The van der Waals surface area contributed by atoms with Gasteiger partial charge in [0.1, 0.15) is 34.6 Å². The van der Waals surface area contributed by atoms with E-state index in [0.717, 1.165) is 55.4 Å². The third kappa shape index (κ3) is 7.84.